The predicted molar refractivity (Wildman–Crippen MR) is 34.2 cm³/mol. The molecule has 0 fully saturated rings. The lowest BCUT2D eigenvalue weighted by Gasteiger charge is -1.96. The quantitative estimate of drug-likeness (QED) is 0.680. The number of hydrogen-bond donors (Lipinski definition) is 0. The van der Waals surface area contributed by atoms with E-state index in [1.54, 1.807) is 6.07 Å². The second-order valence-corrected chi connectivity index (χ2v) is 2.90. The number of alkyl halides is 3. The largest absolute Gasteiger partial charge is 0.445 e. The van der Waals surface area contributed by atoms with Crippen LogP contribution in [0.1, 0.15) is 10.0 Å². The molecule has 1 aromatic rings. The van der Waals surface area contributed by atoms with Gasteiger partial charge in [0.15, 0.2) is 0 Å². The second-order valence-electron chi connectivity index (χ2n) is 1.83. The Balaban J connectivity index is 2.86. The first-order valence-electron chi connectivity index (χ1n) is 2.80. The van der Waals surface area contributed by atoms with Gasteiger partial charge in [0.25, 0.3) is 0 Å². The molecule has 0 amide bonds. The second kappa shape index (κ2) is 3.06. The fourth-order valence-electron chi connectivity index (χ4n) is 0.507. The number of rotatable bonds is 1. The van der Waals surface area contributed by atoms with Crippen LogP contribution in [-0.2, 0) is 12.6 Å². The fraction of sp³-hybridized carbons (Fsp3) is 0.400. The molecular weight excluding hydrogens is 191 g/mol. The van der Waals surface area contributed by atoms with Crippen molar-refractivity contribution >= 4 is 11.3 Å². The fourth-order valence-corrected chi connectivity index (χ4v) is 1.15. The maximum atomic E-state index is 11.9. The summed E-state index contributed by atoms with van der Waals surface area (Å²) in [6.45, 7) is 0. The summed E-state index contributed by atoms with van der Waals surface area (Å²) in [6, 6.07) is 1.69. The molecule has 0 bridgehead atoms. The zero-order chi connectivity index (χ0) is 9.19. The molecule has 1 heterocycles. The summed E-state index contributed by atoms with van der Waals surface area (Å²) in [6.07, 6.45) is -4.58. The van der Waals surface area contributed by atoms with Crippen LogP contribution in [0.5, 0.6) is 0 Å². The number of hydrogen-bond acceptors (Lipinski definition) is 4. The van der Waals surface area contributed by atoms with Gasteiger partial charge < -0.3 is 0 Å². The van der Waals surface area contributed by atoms with E-state index in [9.17, 15) is 13.2 Å². The molecule has 0 spiro atoms. The number of nitrogens with zero attached hydrogens (tertiary/aromatic N) is 3. The van der Waals surface area contributed by atoms with Crippen molar-refractivity contribution in [1.82, 2.24) is 10.2 Å². The van der Waals surface area contributed by atoms with Gasteiger partial charge in [-0.3, -0.25) is 0 Å². The zero-order valence-electron chi connectivity index (χ0n) is 5.59. The van der Waals surface area contributed by atoms with E-state index in [1.165, 1.54) is 0 Å². The van der Waals surface area contributed by atoms with Crippen molar-refractivity contribution in [1.29, 1.82) is 5.26 Å². The number of aromatic nitrogens is 2. The Kier molecular flexibility index (Phi) is 2.28. The molecule has 7 heteroatoms. The molecule has 64 valence electrons. The molecule has 3 nitrogen and oxygen atoms in total. The van der Waals surface area contributed by atoms with Gasteiger partial charge >= 0.3 is 6.18 Å². The summed E-state index contributed by atoms with van der Waals surface area (Å²) in [4.78, 5) is 0. The van der Waals surface area contributed by atoms with Gasteiger partial charge in [0.2, 0.25) is 5.01 Å². The molecule has 0 saturated heterocycles. The molecule has 1 rings (SSSR count). The molecule has 0 aromatic carbocycles. The molecule has 0 N–H and O–H groups in total. The van der Waals surface area contributed by atoms with Gasteiger partial charge in [-0.25, -0.2) is 0 Å². The average molecular weight is 193 g/mol. The first-order valence-corrected chi connectivity index (χ1v) is 3.62. The molecular formula is C5H2F3N3S. The van der Waals surface area contributed by atoms with Crippen LogP contribution in [0, 0.1) is 11.3 Å². The van der Waals surface area contributed by atoms with E-state index < -0.39 is 11.2 Å². The Morgan fingerprint density at radius 2 is 2.08 bits per heavy atom. The highest BCUT2D eigenvalue weighted by Gasteiger charge is 2.35. The van der Waals surface area contributed by atoms with Crippen molar-refractivity contribution in [2.24, 2.45) is 0 Å². The Morgan fingerprint density at radius 3 is 2.50 bits per heavy atom. The summed E-state index contributed by atoms with van der Waals surface area (Å²) in [5.41, 5.74) is 0. The van der Waals surface area contributed by atoms with Gasteiger partial charge in [0, 0.05) is 0 Å². The van der Waals surface area contributed by atoms with E-state index in [-0.39, 0.29) is 11.4 Å². The predicted octanol–water partition coefficient (Wildman–Crippen LogP) is 1.62. The summed E-state index contributed by atoms with van der Waals surface area (Å²) in [7, 11) is 0. The third-order valence-corrected chi connectivity index (χ3v) is 1.91. The van der Waals surface area contributed by atoms with Crippen LogP contribution in [0.15, 0.2) is 0 Å². The average Bonchev–Trinajstić information content (AvgIpc) is 2.35. The van der Waals surface area contributed by atoms with Gasteiger partial charge in [-0.15, -0.1) is 10.2 Å². The zero-order valence-corrected chi connectivity index (χ0v) is 6.41. The van der Waals surface area contributed by atoms with Gasteiger partial charge in [-0.2, -0.15) is 18.4 Å². The van der Waals surface area contributed by atoms with E-state index in [2.05, 4.69) is 10.2 Å². The van der Waals surface area contributed by atoms with Crippen molar-refractivity contribution < 1.29 is 13.2 Å². The van der Waals surface area contributed by atoms with Gasteiger partial charge in [0.1, 0.15) is 5.01 Å². The van der Waals surface area contributed by atoms with Crippen LogP contribution in [0.3, 0.4) is 0 Å². The van der Waals surface area contributed by atoms with E-state index in [1.807, 2.05) is 0 Å². The summed E-state index contributed by atoms with van der Waals surface area (Å²) < 4.78 is 35.6. The van der Waals surface area contributed by atoms with Crippen LogP contribution in [0.4, 0.5) is 13.2 Å². The third-order valence-electron chi connectivity index (χ3n) is 0.940. The molecule has 1 aromatic heterocycles. The molecule has 0 aliphatic rings. The maximum absolute atomic E-state index is 11.9. The van der Waals surface area contributed by atoms with Crippen LogP contribution >= 0.6 is 11.3 Å². The van der Waals surface area contributed by atoms with Crippen molar-refractivity contribution in [2.75, 3.05) is 0 Å². The van der Waals surface area contributed by atoms with E-state index in [0.717, 1.165) is 0 Å². The standard InChI is InChI=1S/C5H2F3N3S/c6-5(7,8)4-11-10-3(12-4)1-2-9/h1H2. The summed E-state index contributed by atoms with van der Waals surface area (Å²) in [5, 5.41) is 13.3. The van der Waals surface area contributed by atoms with E-state index in [4.69, 9.17) is 5.26 Å². The molecule has 0 aliphatic carbocycles. The lowest BCUT2D eigenvalue weighted by atomic mass is 10.5. The van der Waals surface area contributed by atoms with Gasteiger partial charge in [-0.05, 0) is 0 Å². The van der Waals surface area contributed by atoms with Crippen molar-refractivity contribution in [2.45, 2.75) is 12.6 Å². The Labute approximate surface area is 69.5 Å². The van der Waals surface area contributed by atoms with Crippen LogP contribution in [0.2, 0.25) is 0 Å². The minimum absolute atomic E-state index is 0.0878. The highest BCUT2D eigenvalue weighted by atomic mass is 32.1. The van der Waals surface area contributed by atoms with Crippen LogP contribution in [-0.4, -0.2) is 10.2 Å². The molecule has 0 atom stereocenters. The first kappa shape index (κ1) is 8.93. The van der Waals surface area contributed by atoms with Crippen LogP contribution in [0.25, 0.3) is 0 Å². The Hall–Kier alpha value is -1.16. The smallest absolute Gasteiger partial charge is 0.198 e. The molecule has 0 unspecified atom stereocenters. The van der Waals surface area contributed by atoms with Crippen molar-refractivity contribution in [3.05, 3.63) is 10.0 Å². The highest BCUT2D eigenvalue weighted by molar-refractivity contribution is 7.11. The topological polar surface area (TPSA) is 49.6 Å². The highest BCUT2D eigenvalue weighted by Crippen LogP contribution is 2.31. The Morgan fingerprint density at radius 1 is 1.42 bits per heavy atom. The van der Waals surface area contributed by atoms with E-state index >= 15 is 0 Å². The number of nitriles is 1. The normalized spacial score (nSPS) is 11.2. The SMILES string of the molecule is N#CCc1nnc(C(F)(F)F)s1. The molecule has 0 saturated carbocycles. The molecule has 0 radical (unpaired) electrons. The van der Waals surface area contributed by atoms with Gasteiger partial charge in [0.05, 0.1) is 12.5 Å². The third kappa shape index (κ3) is 1.92. The van der Waals surface area contributed by atoms with Crippen molar-refractivity contribution in [3.63, 3.8) is 0 Å². The molecule has 12 heavy (non-hydrogen) atoms. The minimum Gasteiger partial charge on any atom is -0.198 e. The summed E-state index contributed by atoms with van der Waals surface area (Å²) >= 11 is 0.395. The number of halogens is 3. The Bertz CT molecular complexity index is 310. The lowest BCUT2D eigenvalue weighted by molar-refractivity contribution is -0.138. The monoisotopic (exact) mass is 193 g/mol. The summed E-state index contributed by atoms with van der Waals surface area (Å²) in [5.74, 6) is 0. The molecule has 0 aliphatic heterocycles. The lowest BCUT2D eigenvalue weighted by Crippen LogP contribution is -2.03. The van der Waals surface area contributed by atoms with Crippen LogP contribution < -0.4 is 0 Å². The first-order chi connectivity index (χ1) is 5.54. The van der Waals surface area contributed by atoms with Gasteiger partial charge in [-0.1, -0.05) is 11.3 Å². The van der Waals surface area contributed by atoms with Crippen molar-refractivity contribution in [3.8, 4) is 6.07 Å². The maximum Gasteiger partial charge on any atom is 0.445 e. The minimum atomic E-state index is -4.45. The van der Waals surface area contributed by atoms with E-state index in [0.29, 0.717) is 11.3 Å².